The number of amides is 1. The highest BCUT2D eigenvalue weighted by Crippen LogP contribution is 2.07. The van der Waals surface area contributed by atoms with Gasteiger partial charge in [0.15, 0.2) is 0 Å². The maximum absolute atomic E-state index is 12.7. The maximum atomic E-state index is 12.7. The zero-order chi connectivity index (χ0) is 13.5. The number of hydrogen-bond donors (Lipinski definition) is 2. The van der Waals surface area contributed by atoms with Crippen molar-refractivity contribution in [3.05, 3.63) is 30.1 Å². The van der Waals surface area contributed by atoms with Crippen molar-refractivity contribution in [1.82, 2.24) is 10.2 Å². The van der Waals surface area contributed by atoms with E-state index in [0.717, 1.165) is 13.1 Å². The number of carbonyl (C=O) groups is 1. The van der Waals surface area contributed by atoms with Crippen LogP contribution in [0.2, 0.25) is 0 Å². The SMILES string of the molecule is O=C(CNCCN1CCCC1)Nc1ccc(F)cc1. The lowest BCUT2D eigenvalue weighted by Gasteiger charge is -2.14. The van der Waals surface area contributed by atoms with Gasteiger partial charge in [-0.05, 0) is 50.2 Å². The fourth-order valence-electron chi connectivity index (χ4n) is 2.18. The zero-order valence-electron chi connectivity index (χ0n) is 11.0. The summed E-state index contributed by atoms with van der Waals surface area (Å²) in [5.74, 6) is -0.408. The standard InChI is InChI=1S/C14H20FN3O/c15-12-3-5-13(6-4-12)17-14(19)11-16-7-10-18-8-1-2-9-18/h3-6,16H,1-2,7-11H2,(H,17,19). The van der Waals surface area contributed by atoms with Crippen LogP contribution in [0.25, 0.3) is 0 Å². The molecule has 19 heavy (non-hydrogen) atoms. The molecule has 4 nitrogen and oxygen atoms in total. The Kier molecular flexibility index (Phi) is 5.30. The van der Waals surface area contributed by atoms with E-state index in [4.69, 9.17) is 0 Å². The topological polar surface area (TPSA) is 44.4 Å². The van der Waals surface area contributed by atoms with Crippen LogP contribution >= 0.6 is 0 Å². The first-order valence-corrected chi connectivity index (χ1v) is 6.72. The summed E-state index contributed by atoms with van der Waals surface area (Å²) in [5.41, 5.74) is 0.618. The summed E-state index contributed by atoms with van der Waals surface area (Å²) < 4.78 is 12.7. The molecule has 104 valence electrons. The number of rotatable bonds is 6. The molecule has 0 unspecified atom stereocenters. The molecule has 1 amide bonds. The predicted molar refractivity (Wildman–Crippen MR) is 73.6 cm³/mol. The Labute approximate surface area is 113 Å². The Morgan fingerprint density at radius 3 is 2.58 bits per heavy atom. The molecule has 0 spiro atoms. The van der Waals surface area contributed by atoms with Gasteiger partial charge in [0.2, 0.25) is 5.91 Å². The van der Waals surface area contributed by atoms with Crippen LogP contribution in [0.1, 0.15) is 12.8 Å². The minimum Gasteiger partial charge on any atom is -0.325 e. The summed E-state index contributed by atoms with van der Waals surface area (Å²) in [6.45, 7) is 4.43. The molecule has 1 heterocycles. The van der Waals surface area contributed by atoms with Gasteiger partial charge in [0.25, 0.3) is 0 Å². The van der Waals surface area contributed by atoms with E-state index in [1.807, 2.05) is 0 Å². The summed E-state index contributed by atoms with van der Waals surface area (Å²) in [6.07, 6.45) is 2.57. The molecule has 2 N–H and O–H groups in total. The number of likely N-dealkylation sites (tertiary alicyclic amines) is 1. The van der Waals surface area contributed by atoms with Crippen molar-refractivity contribution >= 4 is 11.6 Å². The van der Waals surface area contributed by atoms with Crippen molar-refractivity contribution in [2.45, 2.75) is 12.8 Å². The highest BCUT2D eigenvalue weighted by molar-refractivity contribution is 5.92. The van der Waals surface area contributed by atoms with Crippen molar-refractivity contribution in [3.8, 4) is 0 Å². The van der Waals surface area contributed by atoms with Crippen molar-refractivity contribution < 1.29 is 9.18 Å². The van der Waals surface area contributed by atoms with Crippen molar-refractivity contribution in [2.75, 3.05) is 38.0 Å². The van der Waals surface area contributed by atoms with Gasteiger partial charge in [-0.15, -0.1) is 0 Å². The number of carbonyl (C=O) groups excluding carboxylic acids is 1. The Balaban J connectivity index is 1.60. The highest BCUT2D eigenvalue weighted by atomic mass is 19.1. The number of benzene rings is 1. The molecule has 2 rings (SSSR count). The molecule has 1 aromatic rings. The second-order valence-corrected chi connectivity index (χ2v) is 4.78. The van der Waals surface area contributed by atoms with E-state index in [9.17, 15) is 9.18 Å². The van der Waals surface area contributed by atoms with Crippen LogP contribution in [0, 0.1) is 5.82 Å². The zero-order valence-corrected chi connectivity index (χ0v) is 11.0. The minimum absolute atomic E-state index is 0.104. The third kappa shape index (κ3) is 4.96. The lowest BCUT2D eigenvalue weighted by atomic mass is 10.3. The maximum Gasteiger partial charge on any atom is 0.238 e. The summed E-state index contributed by atoms with van der Waals surface area (Å²) in [6, 6.07) is 5.77. The lowest BCUT2D eigenvalue weighted by Crippen LogP contribution is -2.34. The van der Waals surface area contributed by atoms with Crippen LogP contribution in [0.4, 0.5) is 10.1 Å². The molecule has 1 fully saturated rings. The molecular formula is C14H20FN3O. The largest absolute Gasteiger partial charge is 0.325 e. The molecule has 1 saturated heterocycles. The van der Waals surface area contributed by atoms with E-state index in [2.05, 4.69) is 15.5 Å². The second-order valence-electron chi connectivity index (χ2n) is 4.78. The summed E-state index contributed by atoms with van der Waals surface area (Å²) >= 11 is 0. The smallest absolute Gasteiger partial charge is 0.238 e. The minimum atomic E-state index is -0.304. The van der Waals surface area contributed by atoms with E-state index in [1.54, 1.807) is 12.1 Å². The van der Waals surface area contributed by atoms with Crippen molar-refractivity contribution in [3.63, 3.8) is 0 Å². The van der Waals surface area contributed by atoms with Crippen molar-refractivity contribution in [1.29, 1.82) is 0 Å². The van der Waals surface area contributed by atoms with E-state index in [0.29, 0.717) is 5.69 Å². The molecule has 5 heteroatoms. The molecule has 0 aliphatic carbocycles. The van der Waals surface area contributed by atoms with Crippen LogP contribution in [0.3, 0.4) is 0 Å². The summed E-state index contributed by atoms with van der Waals surface area (Å²) in [4.78, 5) is 14.0. The number of anilines is 1. The van der Waals surface area contributed by atoms with E-state index < -0.39 is 0 Å². The first-order valence-electron chi connectivity index (χ1n) is 6.72. The van der Waals surface area contributed by atoms with Crippen LogP contribution in [-0.4, -0.2) is 43.5 Å². The monoisotopic (exact) mass is 265 g/mol. The van der Waals surface area contributed by atoms with Gasteiger partial charge in [-0.1, -0.05) is 0 Å². The van der Waals surface area contributed by atoms with Gasteiger partial charge in [0.05, 0.1) is 6.54 Å². The fraction of sp³-hybridized carbons (Fsp3) is 0.500. The van der Waals surface area contributed by atoms with Crippen LogP contribution in [-0.2, 0) is 4.79 Å². The first-order chi connectivity index (χ1) is 9.24. The molecular weight excluding hydrogens is 245 g/mol. The Hall–Kier alpha value is -1.46. The lowest BCUT2D eigenvalue weighted by molar-refractivity contribution is -0.115. The van der Waals surface area contributed by atoms with Gasteiger partial charge >= 0.3 is 0 Å². The average Bonchev–Trinajstić information content (AvgIpc) is 2.91. The summed E-state index contributed by atoms with van der Waals surface area (Å²) in [5, 5.41) is 5.83. The number of nitrogens with zero attached hydrogens (tertiary/aromatic N) is 1. The summed E-state index contributed by atoms with van der Waals surface area (Å²) in [7, 11) is 0. The molecule has 0 atom stereocenters. The average molecular weight is 265 g/mol. The molecule has 1 aliphatic rings. The van der Waals surface area contributed by atoms with Crippen LogP contribution < -0.4 is 10.6 Å². The van der Waals surface area contributed by atoms with Crippen LogP contribution in [0.15, 0.2) is 24.3 Å². The number of nitrogens with one attached hydrogen (secondary N) is 2. The van der Waals surface area contributed by atoms with Gasteiger partial charge in [-0.2, -0.15) is 0 Å². The highest BCUT2D eigenvalue weighted by Gasteiger charge is 2.10. The Morgan fingerprint density at radius 2 is 1.89 bits per heavy atom. The van der Waals surface area contributed by atoms with Gasteiger partial charge in [0, 0.05) is 18.8 Å². The predicted octanol–water partition coefficient (Wildman–Crippen LogP) is 1.45. The fourth-order valence-corrected chi connectivity index (χ4v) is 2.18. The van der Waals surface area contributed by atoms with E-state index in [1.165, 1.54) is 38.1 Å². The number of hydrogen-bond acceptors (Lipinski definition) is 3. The number of halogens is 1. The van der Waals surface area contributed by atoms with Crippen LogP contribution in [0.5, 0.6) is 0 Å². The molecule has 0 bridgehead atoms. The van der Waals surface area contributed by atoms with E-state index in [-0.39, 0.29) is 18.3 Å². The quantitative estimate of drug-likeness (QED) is 0.765. The molecule has 0 aromatic heterocycles. The third-order valence-electron chi connectivity index (χ3n) is 3.22. The molecule has 1 aliphatic heterocycles. The van der Waals surface area contributed by atoms with Gasteiger partial charge in [0.1, 0.15) is 5.82 Å². The van der Waals surface area contributed by atoms with Gasteiger partial charge < -0.3 is 15.5 Å². The normalized spacial score (nSPS) is 15.6. The Morgan fingerprint density at radius 1 is 1.21 bits per heavy atom. The second kappa shape index (κ2) is 7.21. The van der Waals surface area contributed by atoms with Gasteiger partial charge in [-0.25, -0.2) is 4.39 Å². The molecule has 0 saturated carbocycles. The molecule has 0 radical (unpaired) electrons. The van der Waals surface area contributed by atoms with E-state index >= 15 is 0 Å². The third-order valence-corrected chi connectivity index (χ3v) is 3.22. The Bertz CT molecular complexity index is 402. The molecule has 1 aromatic carbocycles. The van der Waals surface area contributed by atoms with Gasteiger partial charge in [-0.3, -0.25) is 4.79 Å². The van der Waals surface area contributed by atoms with Crippen molar-refractivity contribution in [2.24, 2.45) is 0 Å². The first kappa shape index (κ1) is 14.0.